The molecule has 1 aliphatic rings. The Bertz CT molecular complexity index is 321. The number of aliphatic hydroxyl groups excluding tert-OH is 1. The molecule has 1 aliphatic heterocycles. The molecule has 0 radical (unpaired) electrons. The Morgan fingerprint density at radius 1 is 1.44 bits per heavy atom. The Labute approximate surface area is 96.4 Å². The normalized spacial score (nSPS) is 20.7. The van der Waals surface area contributed by atoms with Gasteiger partial charge in [-0.15, -0.1) is 0 Å². The minimum atomic E-state index is 0.0716. The predicted octanol–water partition coefficient (Wildman–Crippen LogP) is 1.56. The van der Waals surface area contributed by atoms with Crippen LogP contribution in [0, 0.1) is 5.92 Å². The SMILES string of the molecule is OCc1cccc(OCC2CCCNC2)c1. The first kappa shape index (κ1) is 11.4. The number of nitrogens with one attached hydrogen (secondary N) is 1. The summed E-state index contributed by atoms with van der Waals surface area (Å²) in [4.78, 5) is 0. The van der Waals surface area contributed by atoms with Crippen molar-refractivity contribution < 1.29 is 9.84 Å². The fourth-order valence-corrected chi connectivity index (χ4v) is 2.01. The third-order valence-corrected chi connectivity index (χ3v) is 2.97. The van der Waals surface area contributed by atoms with Gasteiger partial charge in [-0.05, 0) is 37.1 Å². The van der Waals surface area contributed by atoms with E-state index in [1.165, 1.54) is 12.8 Å². The van der Waals surface area contributed by atoms with E-state index in [0.29, 0.717) is 5.92 Å². The maximum Gasteiger partial charge on any atom is 0.119 e. The lowest BCUT2D eigenvalue weighted by atomic mass is 10.0. The average molecular weight is 221 g/mol. The van der Waals surface area contributed by atoms with Gasteiger partial charge in [-0.1, -0.05) is 12.1 Å². The van der Waals surface area contributed by atoms with Crippen molar-refractivity contribution in [2.45, 2.75) is 19.4 Å². The Morgan fingerprint density at radius 3 is 3.12 bits per heavy atom. The number of piperidine rings is 1. The Hall–Kier alpha value is -1.06. The van der Waals surface area contributed by atoms with Crippen LogP contribution >= 0.6 is 0 Å². The van der Waals surface area contributed by atoms with Gasteiger partial charge in [0.15, 0.2) is 0 Å². The molecule has 16 heavy (non-hydrogen) atoms. The van der Waals surface area contributed by atoms with Crippen molar-refractivity contribution >= 4 is 0 Å². The van der Waals surface area contributed by atoms with Crippen LogP contribution in [-0.2, 0) is 6.61 Å². The van der Waals surface area contributed by atoms with Gasteiger partial charge in [-0.3, -0.25) is 0 Å². The van der Waals surface area contributed by atoms with Crippen LogP contribution in [0.5, 0.6) is 5.75 Å². The first-order valence-electron chi connectivity index (χ1n) is 5.92. The third kappa shape index (κ3) is 3.22. The summed E-state index contributed by atoms with van der Waals surface area (Å²) in [5.41, 5.74) is 0.902. The monoisotopic (exact) mass is 221 g/mol. The maximum atomic E-state index is 9.01. The quantitative estimate of drug-likeness (QED) is 0.810. The van der Waals surface area contributed by atoms with Crippen LogP contribution < -0.4 is 10.1 Å². The van der Waals surface area contributed by atoms with E-state index in [2.05, 4.69) is 5.32 Å². The molecule has 1 atom stereocenters. The van der Waals surface area contributed by atoms with Crippen molar-refractivity contribution in [1.29, 1.82) is 0 Å². The summed E-state index contributed by atoms with van der Waals surface area (Å²) in [6, 6.07) is 7.65. The van der Waals surface area contributed by atoms with Crippen LogP contribution in [0.3, 0.4) is 0 Å². The fraction of sp³-hybridized carbons (Fsp3) is 0.538. The Balaban J connectivity index is 1.83. The zero-order valence-electron chi connectivity index (χ0n) is 9.48. The summed E-state index contributed by atoms with van der Waals surface area (Å²) in [5.74, 6) is 1.48. The van der Waals surface area contributed by atoms with Gasteiger partial charge in [0.05, 0.1) is 13.2 Å². The molecule has 0 aliphatic carbocycles. The number of benzene rings is 1. The molecule has 1 unspecified atom stereocenters. The molecule has 2 rings (SSSR count). The second-order valence-electron chi connectivity index (χ2n) is 4.33. The molecule has 1 aromatic rings. The van der Waals surface area contributed by atoms with Gasteiger partial charge in [0.1, 0.15) is 5.75 Å². The van der Waals surface area contributed by atoms with Crippen molar-refractivity contribution in [2.24, 2.45) is 5.92 Å². The molecule has 3 nitrogen and oxygen atoms in total. The van der Waals surface area contributed by atoms with Gasteiger partial charge in [-0.25, -0.2) is 0 Å². The molecular formula is C13H19NO2. The summed E-state index contributed by atoms with van der Waals surface area (Å²) in [7, 11) is 0. The molecule has 0 bridgehead atoms. The lowest BCUT2D eigenvalue weighted by molar-refractivity contribution is 0.217. The van der Waals surface area contributed by atoms with Crippen molar-refractivity contribution in [3.63, 3.8) is 0 Å². The second-order valence-corrected chi connectivity index (χ2v) is 4.33. The minimum absolute atomic E-state index is 0.0716. The van der Waals surface area contributed by atoms with Gasteiger partial charge in [0.25, 0.3) is 0 Å². The van der Waals surface area contributed by atoms with Crippen LogP contribution in [0.1, 0.15) is 18.4 Å². The molecule has 88 valence electrons. The number of rotatable bonds is 4. The van der Waals surface area contributed by atoms with Gasteiger partial charge >= 0.3 is 0 Å². The van der Waals surface area contributed by atoms with E-state index in [4.69, 9.17) is 9.84 Å². The van der Waals surface area contributed by atoms with E-state index in [1.807, 2.05) is 24.3 Å². The average Bonchev–Trinajstić information content (AvgIpc) is 2.38. The van der Waals surface area contributed by atoms with Gasteiger partial charge in [-0.2, -0.15) is 0 Å². The van der Waals surface area contributed by atoms with E-state index >= 15 is 0 Å². The molecule has 1 saturated heterocycles. The lowest BCUT2D eigenvalue weighted by Gasteiger charge is -2.22. The summed E-state index contributed by atoms with van der Waals surface area (Å²) in [6.45, 7) is 3.03. The molecule has 0 saturated carbocycles. The molecule has 0 aromatic heterocycles. The molecule has 1 heterocycles. The van der Waals surface area contributed by atoms with Crippen molar-refractivity contribution in [2.75, 3.05) is 19.7 Å². The highest BCUT2D eigenvalue weighted by Gasteiger charge is 2.13. The molecule has 3 heteroatoms. The summed E-state index contributed by atoms with van der Waals surface area (Å²) in [5, 5.41) is 12.4. The largest absolute Gasteiger partial charge is 0.493 e. The number of hydrogen-bond acceptors (Lipinski definition) is 3. The number of ether oxygens (including phenoxy) is 1. The van der Waals surface area contributed by atoms with Crippen molar-refractivity contribution in [3.8, 4) is 5.75 Å². The minimum Gasteiger partial charge on any atom is -0.493 e. The highest BCUT2D eigenvalue weighted by molar-refractivity contribution is 5.27. The maximum absolute atomic E-state index is 9.01. The summed E-state index contributed by atoms with van der Waals surface area (Å²) < 4.78 is 5.74. The van der Waals surface area contributed by atoms with Gasteiger partial charge in [0, 0.05) is 12.5 Å². The predicted molar refractivity (Wildman–Crippen MR) is 63.5 cm³/mol. The molecule has 0 amide bonds. The Kier molecular flexibility index (Phi) is 4.19. The first-order valence-corrected chi connectivity index (χ1v) is 5.92. The van der Waals surface area contributed by atoms with E-state index in [1.54, 1.807) is 0 Å². The van der Waals surface area contributed by atoms with E-state index in [-0.39, 0.29) is 6.61 Å². The van der Waals surface area contributed by atoms with Crippen LogP contribution in [-0.4, -0.2) is 24.8 Å². The van der Waals surface area contributed by atoms with Crippen LogP contribution in [0.25, 0.3) is 0 Å². The summed E-state index contributed by atoms with van der Waals surface area (Å²) >= 11 is 0. The van der Waals surface area contributed by atoms with Crippen molar-refractivity contribution in [3.05, 3.63) is 29.8 Å². The highest BCUT2D eigenvalue weighted by Crippen LogP contribution is 2.16. The summed E-state index contributed by atoms with van der Waals surface area (Å²) in [6.07, 6.45) is 2.48. The lowest BCUT2D eigenvalue weighted by Crippen LogP contribution is -2.33. The van der Waals surface area contributed by atoms with Crippen LogP contribution in [0.15, 0.2) is 24.3 Å². The highest BCUT2D eigenvalue weighted by atomic mass is 16.5. The van der Waals surface area contributed by atoms with E-state index < -0.39 is 0 Å². The topological polar surface area (TPSA) is 41.5 Å². The van der Waals surface area contributed by atoms with Gasteiger partial charge in [0.2, 0.25) is 0 Å². The zero-order valence-corrected chi connectivity index (χ0v) is 9.48. The zero-order chi connectivity index (χ0) is 11.2. The van der Waals surface area contributed by atoms with Crippen LogP contribution in [0.4, 0.5) is 0 Å². The standard InChI is InChI=1S/C13H19NO2/c15-9-11-3-1-5-13(7-11)16-10-12-4-2-6-14-8-12/h1,3,5,7,12,14-15H,2,4,6,8-10H2. The van der Waals surface area contributed by atoms with Crippen LogP contribution in [0.2, 0.25) is 0 Å². The van der Waals surface area contributed by atoms with Gasteiger partial charge < -0.3 is 15.2 Å². The molecule has 1 aromatic carbocycles. The smallest absolute Gasteiger partial charge is 0.119 e. The van der Waals surface area contributed by atoms with Crippen molar-refractivity contribution in [1.82, 2.24) is 5.32 Å². The van der Waals surface area contributed by atoms with E-state index in [9.17, 15) is 0 Å². The fourth-order valence-electron chi connectivity index (χ4n) is 2.01. The molecule has 0 spiro atoms. The Morgan fingerprint density at radius 2 is 2.38 bits per heavy atom. The second kappa shape index (κ2) is 5.87. The first-order chi connectivity index (χ1) is 7.88. The van der Waals surface area contributed by atoms with E-state index in [0.717, 1.165) is 31.0 Å². The molecular weight excluding hydrogens is 202 g/mol. The molecule has 1 fully saturated rings. The molecule has 2 N–H and O–H groups in total. The third-order valence-electron chi connectivity index (χ3n) is 2.97. The number of aliphatic hydroxyl groups is 1. The number of hydrogen-bond donors (Lipinski definition) is 2.